The number of benzene rings is 3. The van der Waals surface area contributed by atoms with E-state index < -0.39 is 4.92 Å². The second-order valence-corrected chi connectivity index (χ2v) is 8.12. The van der Waals surface area contributed by atoms with Gasteiger partial charge in [0.1, 0.15) is 5.52 Å². The van der Waals surface area contributed by atoms with Crippen molar-refractivity contribution in [2.45, 2.75) is 0 Å². The Morgan fingerprint density at radius 2 is 1.45 bits per heavy atom. The van der Waals surface area contributed by atoms with Gasteiger partial charge in [-0.25, -0.2) is 9.97 Å². The van der Waals surface area contributed by atoms with Gasteiger partial charge in [-0.2, -0.15) is 0 Å². The van der Waals surface area contributed by atoms with Gasteiger partial charge in [0.2, 0.25) is 0 Å². The van der Waals surface area contributed by atoms with Crippen LogP contribution >= 0.6 is 31.9 Å². The maximum absolute atomic E-state index is 12.2. The number of nitrogens with two attached hydrogens (primary N) is 2. The molecule has 0 saturated heterocycles. The lowest BCUT2D eigenvalue weighted by molar-refractivity contribution is -0.383. The molecule has 0 radical (unpaired) electrons. The number of aromatic nitrogens is 2. The van der Waals surface area contributed by atoms with E-state index in [1.165, 1.54) is 0 Å². The van der Waals surface area contributed by atoms with Gasteiger partial charge in [0, 0.05) is 8.95 Å². The average molecular weight is 515 g/mol. The van der Waals surface area contributed by atoms with Crippen LogP contribution in [0.2, 0.25) is 0 Å². The van der Waals surface area contributed by atoms with Crippen LogP contribution in [0.4, 0.5) is 17.3 Å². The summed E-state index contributed by atoms with van der Waals surface area (Å²) in [6.45, 7) is 0. The summed E-state index contributed by atoms with van der Waals surface area (Å²) in [5.41, 5.74) is 14.4. The van der Waals surface area contributed by atoms with E-state index in [0.29, 0.717) is 33.3 Å². The molecule has 0 spiro atoms. The van der Waals surface area contributed by atoms with Crippen LogP contribution in [0.25, 0.3) is 33.3 Å². The van der Waals surface area contributed by atoms with Gasteiger partial charge in [0.15, 0.2) is 11.6 Å². The maximum atomic E-state index is 12.2. The first-order valence-electron chi connectivity index (χ1n) is 8.41. The fourth-order valence-corrected chi connectivity index (χ4v) is 3.99. The van der Waals surface area contributed by atoms with E-state index in [1.54, 1.807) is 30.3 Å². The molecule has 3 aromatic carbocycles. The molecule has 4 N–H and O–H groups in total. The van der Waals surface area contributed by atoms with Crippen LogP contribution in [-0.2, 0) is 0 Å². The number of nitro benzene ring substituents is 1. The first-order valence-corrected chi connectivity index (χ1v) is 9.99. The van der Waals surface area contributed by atoms with Crippen molar-refractivity contribution in [3.8, 4) is 22.3 Å². The number of hydrogen-bond donors (Lipinski definition) is 2. The molecule has 0 bridgehead atoms. The van der Waals surface area contributed by atoms with Crippen LogP contribution < -0.4 is 11.5 Å². The van der Waals surface area contributed by atoms with Gasteiger partial charge in [-0.15, -0.1) is 0 Å². The summed E-state index contributed by atoms with van der Waals surface area (Å²) < 4.78 is 1.58. The molecular weight excluding hydrogens is 502 g/mol. The third-order valence-electron chi connectivity index (χ3n) is 4.42. The van der Waals surface area contributed by atoms with Crippen LogP contribution in [0.15, 0.2) is 63.5 Å². The van der Waals surface area contributed by atoms with Crippen LogP contribution in [0.3, 0.4) is 0 Å². The SMILES string of the molecule is Nc1nc2cc(-c3cccc(Br)c3)c([N+](=O)[O-])c(-c3cccc(Br)c3)c2nc1N. The van der Waals surface area contributed by atoms with Crippen molar-refractivity contribution in [3.63, 3.8) is 0 Å². The smallest absolute Gasteiger partial charge is 0.287 e. The number of hydrogen-bond acceptors (Lipinski definition) is 6. The molecule has 1 aromatic heterocycles. The molecule has 0 saturated carbocycles. The van der Waals surface area contributed by atoms with E-state index in [2.05, 4.69) is 41.8 Å². The van der Waals surface area contributed by atoms with Gasteiger partial charge in [-0.05, 0) is 41.5 Å². The highest BCUT2D eigenvalue weighted by atomic mass is 79.9. The van der Waals surface area contributed by atoms with Gasteiger partial charge in [0.25, 0.3) is 5.69 Å². The lowest BCUT2D eigenvalue weighted by Crippen LogP contribution is -2.04. The number of rotatable bonds is 3. The molecule has 4 rings (SSSR count). The lowest BCUT2D eigenvalue weighted by Gasteiger charge is -2.13. The van der Waals surface area contributed by atoms with Gasteiger partial charge in [-0.3, -0.25) is 10.1 Å². The highest BCUT2D eigenvalue weighted by molar-refractivity contribution is 9.10. The first kappa shape index (κ1) is 19.3. The van der Waals surface area contributed by atoms with Gasteiger partial charge in [0.05, 0.1) is 21.6 Å². The molecule has 144 valence electrons. The standard InChI is InChI=1S/C20H13Br2N5O2/c21-12-5-1-3-10(7-12)14-9-15-17(26-20(24)19(23)25-15)16(18(14)27(28)29)11-4-2-6-13(22)8-11/h1-9H,(H2,23,25)(H2,24,26). The summed E-state index contributed by atoms with van der Waals surface area (Å²) in [6.07, 6.45) is 0. The Hall–Kier alpha value is -3.04. The van der Waals surface area contributed by atoms with E-state index in [0.717, 1.165) is 8.95 Å². The summed E-state index contributed by atoms with van der Waals surface area (Å²) in [5, 5.41) is 12.2. The van der Waals surface area contributed by atoms with Crippen LogP contribution in [0, 0.1) is 10.1 Å². The van der Waals surface area contributed by atoms with E-state index in [1.807, 2.05) is 24.3 Å². The van der Waals surface area contributed by atoms with Crippen molar-refractivity contribution in [3.05, 3.63) is 73.7 Å². The predicted molar refractivity (Wildman–Crippen MR) is 121 cm³/mol. The molecule has 7 nitrogen and oxygen atoms in total. The third kappa shape index (κ3) is 3.54. The Balaban J connectivity index is 2.21. The van der Waals surface area contributed by atoms with Crippen molar-refractivity contribution in [1.29, 1.82) is 0 Å². The van der Waals surface area contributed by atoms with Gasteiger partial charge < -0.3 is 11.5 Å². The van der Waals surface area contributed by atoms with Crippen molar-refractivity contribution < 1.29 is 4.92 Å². The summed E-state index contributed by atoms with van der Waals surface area (Å²) >= 11 is 6.85. The average Bonchev–Trinajstić information content (AvgIpc) is 2.67. The molecular formula is C20H13Br2N5O2. The fourth-order valence-electron chi connectivity index (χ4n) is 3.19. The molecule has 0 amide bonds. The van der Waals surface area contributed by atoms with Crippen LogP contribution in [0.1, 0.15) is 0 Å². The molecule has 0 atom stereocenters. The monoisotopic (exact) mass is 513 g/mol. The van der Waals surface area contributed by atoms with Crippen molar-refractivity contribution in [2.75, 3.05) is 11.5 Å². The Labute approximate surface area is 182 Å². The Morgan fingerprint density at radius 3 is 2.07 bits per heavy atom. The Morgan fingerprint density at radius 1 is 0.862 bits per heavy atom. The quantitative estimate of drug-likeness (QED) is 0.272. The van der Waals surface area contributed by atoms with E-state index in [-0.39, 0.29) is 17.3 Å². The zero-order valence-electron chi connectivity index (χ0n) is 14.8. The third-order valence-corrected chi connectivity index (χ3v) is 5.41. The molecule has 1 heterocycles. The molecule has 0 aliphatic rings. The van der Waals surface area contributed by atoms with Gasteiger partial charge in [-0.1, -0.05) is 56.1 Å². The normalized spacial score (nSPS) is 11.0. The van der Waals surface area contributed by atoms with Crippen molar-refractivity contribution in [1.82, 2.24) is 9.97 Å². The molecule has 0 fully saturated rings. The highest BCUT2D eigenvalue weighted by Crippen LogP contribution is 2.44. The number of nitrogen functional groups attached to an aromatic ring is 2. The van der Waals surface area contributed by atoms with E-state index in [4.69, 9.17) is 11.5 Å². The zero-order chi connectivity index (χ0) is 20.7. The van der Waals surface area contributed by atoms with Crippen LogP contribution in [0.5, 0.6) is 0 Å². The molecule has 0 aliphatic heterocycles. The number of anilines is 2. The minimum absolute atomic E-state index is 0.0262. The molecule has 4 aromatic rings. The molecule has 9 heteroatoms. The van der Waals surface area contributed by atoms with Crippen molar-refractivity contribution >= 4 is 60.2 Å². The first-order chi connectivity index (χ1) is 13.8. The minimum Gasteiger partial charge on any atom is -0.381 e. The van der Waals surface area contributed by atoms with E-state index in [9.17, 15) is 10.1 Å². The van der Waals surface area contributed by atoms with E-state index >= 15 is 0 Å². The lowest BCUT2D eigenvalue weighted by atomic mass is 9.94. The summed E-state index contributed by atoms with van der Waals surface area (Å²) in [7, 11) is 0. The number of halogens is 2. The maximum Gasteiger partial charge on any atom is 0.287 e. The predicted octanol–water partition coefficient (Wildman–Crippen LogP) is 5.56. The Bertz CT molecular complexity index is 1290. The zero-order valence-corrected chi connectivity index (χ0v) is 17.9. The Kier molecular flexibility index (Phi) is 4.93. The largest absolute Gasteiger partial charge is 0.381 e. The fraction of sp³-hybridized carbons (Fsp3) is 0. The topological polar surface area (TPSA) is 121 Å². The number of fused-ring (bicyclic) bond motifs is 1. The summed E-state index contributed by atoms with van der Waals surface area (Å²) in [6, 6.07) is 16.1. The summed E-state index contributed by atoms with van der Waals surface area (Å²) in [5.74, 6) is 0.102. The van der Waals surface area contributed by atoms with Crippen molar-refractivity contribution in [2.24, 2.45) is 0 Å². The minimum atomic E-state index is -0.403. The highest BCUT2D eigenvalue weighted by Gasteiger charge is 2.27. The number of nitrogens with zero attached hydrogens (tertiary/aromatic N) is 3. The molecule has 0 aliphatic carbocycles. The molecule has 0 unspecified atom stereocenters. The number of nitro groups is 1. The summed E-state index contributed by atoms with van der Waals surface area (Å²) in [4.78, 5) is 20.5. The second kappa shape index (κ2) is 7.41. The molecule has 29 heavy (non-hydrogen) atoms. The van der Waals surface area contributed by atoms with Crippen LogP contribution in [-0.4, -0.2) is 14.9 Å². The second-order valence-electron chi connectivity index (χ2n) is 6.29. The van der Waals surface area contributed by atoms with Gasteiger partial charge >= 0.3 is 0 Å².